The van der Waals surface area contributed by atoms with Gasteiger partial charge >= 0.3 is 0 Å². The van der Waals surface area contributed by atoms with Crippen molar-refractivity contribution in [3.63, 3.8) is 0 Å². The fraction of sp³-hybridized carbons (Fsp3) is 0.371. The monoisotopic (exact) mass is 579 g/mol. The van der Waals surface area contributed by atoms with Crippen molar-refractivity contribution in [3.05, 3.63) is 107 Å². The highest BCUT2D eigenvalue weighted by Gasteiger charge is 2.44. The van der Waals surface area contributed by atoms with Gasteiger partial charge in [-0.25, -0.2) is 0 Å². The van der Waals surface area contributed by atoms with Gasteiger partial charge in [-0.05, 0) is 36.2 Å². The number of carbonyl (C=O) groups is 2. The molecular formula is C35H41N5O3. The molecule has 8 heteroatoms. The third-order valence-electron chi connectivity index (χ3n) is 8.86. The maximum atomic E-state index is 14.1. The van der Waals surface area contributed by atoms with Crippen LogP contribution in [0.15, 0.2) is 85.1 Å². The first-order chi connectivity index (χ1) is 21.1. The Hall–Kier alpha value is -3.98. The molecule has 1 saturated heterocycles. The van der Waals surface area contributed by atoms with Crippen LogP contribution >= 0.6 is 0 Å². The maximum absolute atomic E-state index is 14.1. The van der Waals surface area contributed by atoms with E-state index in [1.807, 2.05) is 53.6 Å². The minimum Gasteiger partial charge on any atom is -0.383 e. The van der Waals surface area contributed by atoms with Crippen molar-refractivity contribution >= 4 is 22.7 Å². The third-order valence-corrected chi connectivity index (χ3v) is 8.86. The van der Waals surface area contributed by atoms with Crippen LogP contribution in [0.3, 0.4) is 0 Å². The van der Waals surface area contributed by atoms with Crippen molar-refractivity contribution in [1.82, 2.24) is 25.0 Å². The largest absolute Gasteiger partial charge is 0.383 e. The molecule has 43 heavy (non-hydrogen) atoms. The topological polar surface area (TPSA) is 80.9 Å². The van der Waals surface area contributed by atoms with E-state index in [1.165, 1.54) is 5.56 Å². The highest BCUT2D eigenvalue weighted by Crippen LogP contribution is 2.44. The van der Waals surface area contributed by atoms with Crippen molar-refractivity contribution in [2.75, 3.05) is 59.5 Å². The summed E-state index contributed by atoms with van der Waals surface area (Å²) in [5, 5.41) is 4.27. The van der Waals surface area contributed by atoms with Gasteiger partial charge in [0.15, 0.2) is 0 Å². The van der Waals surface area contributed by atoms with Gasteiger partial charge in [-0.15, -0.1) is 0 Å². The second kappa shape index (κ2) is 13.5. The highest BCUT2D eigenvalue weighted by molar-refractivity contribution is 6.02. The van der Waals surface area contributed by atoms with Crippen molar-refractivity contribution in [2.24, 2.45) is 0 Å². The van der Waals surface area contributed by atoms with Gasteiger partial charge in [0.25, 0.3) is 5.91 Å². The first-order valence-corrected chi connectivity index (χ1v) is 15.3. The summed E-state index contributed by atoms with van der Waals surface area (Å²) >= 11 is 0. The minimum absolute atomic E-state index is 0.0506. The predicted molar refractivity (Wildman–Crippen MR) is 169 cm³/mol. The number of nitrogens with one attached hydrogen (secondary N) is 2. The van der Waals surface area contributed by atoms with E-state index in [9.17, 15) is 9.59 Å². The molecule has 0 unspecified atom stereocenters. The van der Waals surface area contributed by atoms with Gasteiger partial charge in [0.1, 0.15) is 0 Å². The van der Waals surface area contributed by atoms with Crippen molar-refractivity contribution in [2.45, 2.75) is 24.9 Å². The van der Waals surface area contributed by atoms with Gasteiger partial charge in [-0.1, -0.05) is 66.7 Å². The number of methoxy groups -OCH3 is 1. The number of aromatic nitrogens is 1. The Balaban J connectivity index is 1.14. The number of piperazine rings is 1. The van der Waals surface area contributed by atoms with Gasteiger partial charge < -0.3 is 24.8 Å². The van der Waals surface area contributed by atoms with Crippen LogP contribution in [0.5, 0.6) is 0 Å². The lowest BCUT2D eigenvalue weighted by atomic mass is 9.79. The van der Waals surface area contributed by atoms with Crippen LogP contribution in [0.1, 0.15) is 45.4 Å². The molecule has 1 aromatic heterocycles. The standard InChI is InChI=1S/C35H41N5O3/c1-43-23-22-40-33(30-24-37-31-15-8-7-12-27(30)31)32(28-13-5-6-14-29(28)35(40)42)34(41)36-16-9-17-38-18-20-39(21-19-38)25-26-10-3-2-4-11-26/h2-8,10-15,24,32-33,37H,9,16-23,25H2,1H3,(H,36,41)/t32-,33+/m1/s1. The number of hydrogen-bond acceptors (Lipinski definition) is 5. The van der Waals surface area contributed by atoms with Crippen LogP contribution < -0.4 is 5.32 Å². The maximum Gasteiger partial charge on any atom is 0.254 e. The van der Waals surface area contributed by atoms with Crippen LogP contribution in [-0.4, -0.2) is 91.0 Å². The molecule has 2 aliphatic heterocycles. The van der Waals surface area contributed by atoms with E-state index in [0.29, 0.717) is 25.3 Å². The van der Waals surface area contributed by atoms with Crippen LogP contribution in [0.4, 0.5) is 0 Å². The van der Waals surface area contributed by atoms with E-state index in [1.54, 1.807) is 7.11 Å². The van der Waals surface area contributed by atoms with Gasteiger partial charge in [-0.2, -0.15) is 0 Å². The number of amides is 2. The third kappa shape index (κ3) is 6.37. The van der Waals surface area contributed by atoms with Crippen LogP contribution in [0, 0.1) is 0 Å². The van der Waals surface area contributed by atoms with Crippen molar-refractivity contribution < 1.29 is 14.3 Å². The second-order valence-electron chi connectivity index (χ2n) is 11.5. The Kier molecular flexibility index (Phi) is 9.17. The van der Waals surface area contributed by atoms with Crippen molar-refractivity contribution in [3.8, 4) is 0 Å². The summed E-state index contributed by atoms with van der Waals surface area (Å²) in [6.45, 7) is 7.50. The van der Waals surface area contributed by atoms with Gasteiger partial charge in [-0.3, -0.25) is 14.5 Å². The zero-order valence-corrected chi connectivity index (χ0v) is 24.9. The lowest BCUT2D eigenvalue weighted by molar-refractivity contribution is -0.124. The number of benzene rings is 3. The molecule has 0 aliphatic carbocycles. The number of ether oxygens (including phenoxy) is 1. The molecule has 0 radical (unpaired) electrons. The molecule has 2 N–H and O–H groups in total. The quantitative estimate of drug-likeness (QED) is 0.257. The molecule has 3 heterocycles. The minimum atomic E-state index is -0.536. The number of carbonyl (C=O) groups excluding carboxylic acids is 2. The Morgan fingerprint density at radius 1 is 0.884 bits per heavy atom. The average Bonchev–Trinajstić information content (AvgIpc) is 3.47. The summed E-state index contributed by atoms with van der Waals surface area (Å²) in [5.41, 5.74) is 4.66. The van der Waals surface area contributed by atoms with Crippen LogP contribution in [0.2, 0.25) is 0 Å². The molecule has 224 valence electrons. The Morgan fingerprint density at radius 2 is 1.60 bits per heavy atom. The van der Waals surface area contributed by atoms with E-state index in [4.69, 9.17) is 4.74 Å². The van der Waals surface area contributed by atoms with Crippen LogP contribution in [0.25, 0.3) is 10.9 Å². The zero-order valence-electron chi connectivity index (χ0n) is 24.9. The summed E-state index contributed by atoms with van der Waals surface area (Å²) < 4.78 is 5.39. The number of fused-ring (bicyclic) bond motifs is 2. The fourth-order valence-electron chi connectivity index (χ4n) is 6.63. The summed E-state index contributed by atoms with van der Waals surface area (Å²) in [4.78, 5) is 38.1. The molecule has 6 rings (SSSR count). The van der Waals surface area contributed by atoms with E-state index < -0.39 is 12.0 Å². The molecule has 1 fully saturated rings. The van der Waals surface area contributed by atoms with Crippen LogP contribution in [-0.2, 0) is 16.1 Å². The molecule has 2 amide bonds. The molecule has 2 atom stereocenters. The average molecular weight is 580 g/mol. The second-order valence-corrected chi connectivity index (χ2v) is 11.5. The Bertz CT molecular complexity index is 1530. The van der Waals surface area contributed by atoms with E-state index in [0.717, 1.165) is 67.7 Å². The van der Waals surface area contributed by atoms with E-state index >= 15 is 0 Å². The molecule has 0 spiro atoms. The molecule has 8 nitrogen and oxygen atoms in total. The molecule has 4 aromatic rings. The number of aromatic amines is 1. The molecular weight excluding hydrogens is 538 g/mol. The first kappa shape index (κ1) is 29.1. The number of hydrogen-bond donors (Lipinski definition) is 2. The van der Waals surface area contributed by atoms with E-state index in [2.05, 4.69) is 56.5 Å². The molecule has 3 aromatic carbocycles. The van der Waals surface area contributed by atoms with Gasteiger partial charge in [0.2, 0.25) is 5.91 Å². The molecule has 0 bridgehead atoms. The first-order valence-electron chi connectivity index (χ1n) is 15.3. The van der Waals surface area contributed by atoms with Gasteiger partial charge in [0, 0.05) is 81.1 Å². The lowest BCUT2D eigenvalue weighted by Gasteiger charge is -2.41. The smallest absolute Gasteiger partial charge is 0.254 e. The number of para-hydroxylation sites is 1. The molecule has 2 aliphatic rings. The number of nitrogens with zero attached hydrogens (tertiary/aromatic N) is 3. The summed E-state index contributed by atoms with van der Waals surface area (Å²) in [6.07, 6.45) is 2.83. The van der Waals surface area contributed by atoms with E-state index in [-0.39, 0.29) is 11.8 Å². The predicted octanol–water partition coefficient (Wildman–Crippen LogP) is 4.42. The van der Waals surface area contributed by atoms with Gasteiger partial charge in [0.05, 0.1) is 18.6 Å². The zero-order chi connectivity index (χ0) is 29.6. The summed E-state index contributed by atoms with van der Waals surface area (Å²) in [5.74, 6) is -0.657. The molecule has 0 saturated carbocycles. The summed E-state index contributed by atoms with van der Waals surface area (Å²) in [6, 6.07) is 25.8. The Labute approximate surface area is 253 Å². The lowest BCUT2D eigenvalue weighted by Crippen LogP contribution is -2.49. The highest BCUT2D eigenvalue weighted by atomic mass is 16.5. The fourth-order valence-corrected chi connectivity index (χ4v) is 6.63. The number of rotatable bonds is 11. The normalized spacial score (nSPS) is 19.5. The SMILES string of the molecule is COCCN1C(=O)c2ccccc2[C@@H](C(=O)NCCCN2CCN(Cc3ccccc3)CC2)[C@@H]1c1c[nH]c2ccccc12. The van der Waals surface area contributed by atoms with Crippen molar-refractivity contribution in [1.29, 1.82) is 0 Å². The summed E-state index contributed by atoms with van der Waals surface area (Å²) in [7, 11) is 1.64. The number of H-pyrrole nitrogens is 1. The Morgan fingerprint density at radius 3 is 2.42 bits per heavy atom.